The summed E-state index contributed by atoms with van der Waals surface area (Å²) in [6.07, 6.45) is 0. The maximum Gasteiger partial charge on any atom is 0.263 e. The molecule has 120 valence electrons. The third-order valence-electron chi connectivity index (χ3n) is 3.96. The summed E-state index contributed by atoms with van der Waals surface area (Å²) in [6.45, 7) is 0.00184. The van der Waals surface area contributed by atoms with E-state index in [0.717, 1.165) is 23.5 Å². The highest BCUT2D eigenvalue weighted by Crippen LogP contribution is 2.40. The number of carbonyl (C=O) groups excluding carboxylic acids is 2. The number of amides is 1. The lowest BCUT2D eigenvalue weighted by Gasteiger charge is -2.11. The van der Waals surface area contributed by atoms with Gasteiger partial charge in [0, 0.05) is 0 Å². The van der Waals surface area contributed by atoms with Gasteiger partial charge in [0.1, 0.15) is 28.7 Å². The molecule has 0 aliphatic carbocycles. The highest BCUT2D eigenvalue weighted by Gasteiger charge is 2.39. The lowest BCUT2D eigenvalue weighted by Crippen LogP contribution is -2.22. The number of para-hydroxylation sites is 3. The van der Waals surface area contributed by atoms with Crippen LogP contribution in [0, 0.1) is 11.6 Å². The van der Waals surface area contributed by atoms with Crippen LogP contribution in [-0.2, 0) is 9.59 Å². The molecule has 0 spiro atoms. The second-order valence-corrected chi connectivity index (χ2v) is 5.43. The first-order valence-corrected chi connectivity index (χ1v) is 7.22. The summed E-state index contributed by atoms with van der Waals surface area (Å²) in [5.74, 6) is -2.74. The van der Waals surface area contributed by atoms with Crippen LogP contribution in [0.1, 0.15) is 0 Å². The molecule has 2 N–H and O–H groups in total. The van der Waals surface area contributed by atoms with E-state index in [9.17, 15) is 18.4 Å². The van der Waals surface area contributed by atoms with Crippen LogP contribution in [0.5, 0.6) is 0 Å². The van der Waals surface area contributed by atoms with E-state index in [1.165, 1.54) is 6.07 Å². The van der Waals surface area contributed by atoms with Crippen LogP contribution in [0.15, 0.2) is 53.9 Å². The quantitative estimate of drug-likeness (QED) is 0.833. The summed E-state index contributed by atoms with van der Waals surface area (Å²) in [5, 5.41) is 5.17. The van der Waals surface area contributed by atoms with E-state index in [4.69, 9.17) is 0 Å². The Morgan fingerprint density at radius 3 is 2.54 bits per heavy atom. The van der Waals surface area contributed by atoms with Crippen LogP contribution in [0.3, 0.4) is 0 Å². The molecular weight excluding hydrogens is 316 g/mol. The summed E-state index contributed by atoms with van der Waals surface area (Å²) in [6, 6.07) is 10.5. The van der Waals surface area contributed by atoms with Crippen molar-refractivity contribution in [3.05, 3.63) is 65.5 Å². The van der Waals surface area contributed by atoms with Gasteiger partial charge in [-0.15, -0.1) is 0 Å². The highest BCUT2D eigenvalue weighted by molar-refractivity contribution is 6.28. The zero-order valence-electron chi connectivity index (χ0n) is 12.3. The Balaban J connectivity index is 1.70. The molecule has 0 atom stereocenters. The van der Waals surface area contributed by atoms with Gasteiger partial charge in [-0.1, -0.05) is 18.2 Å². The van der Waals surface area contributed by atoms with E-state index in [1.807, 2.05) is 24.3 Å². The largest absolute Gasteiger partial charge is 0.339 e. The standard InChI is InChI=1S/C17H11F2N3O2/c18-9-4-3-5-10(19)15(9)21-17(24)14-13(23)8-22-12-7-2-1-6-11(12)20-16(14)22/h1-7,20H,8H2,(H,21,24). The molecule has 0 aromatic heterocycles. The average Bonchev–Trinajstić information content (AvgIpc) is 3.05. The monoisotopic (exact) mass is 327 g/mol. The zero-order chi connectivity index (χ0) is 16.8. The van der Waals surface area contributed by atoms with Crippen molar-refractivity contribution in [2.45, 2.75) is 0 Å². The van der Waals surface area contributed by atoms with Gasteiger partial charge in [-0.25, -0.2) is 8.78 Å². The van der Waals surface area contributed by atoms with E-state index < -0.39 is 29.0 Å². The van der Waals surface area contributed by atoms with Gasteiger partial charge in [0.15, 0.2) is 5.78 Å². The molecule has 1 amide bonds. The number of benzene rings is 2. The lowest BCUT2D eigenvalue weighted by molar-refractivity contribution is -0.118. The Bertz CT molecular complexity index is 904. The number of hydrogen-bond acceptors (Lipinski definition) is 4. The number of ketones is 1. The van der Waals surface area contributed by atoms with Crippen molar-refractivity contribution in [1.29, 1.82) is 0 Å². The van der Waals surface area contributed by atoms with Crippen LogP contribution in [-0.4, -0.2) is 18.2 Å². The average molecular weight is 327 g/mol. The molecule has 0 fully saturated rings. The molecule has 0 saturated heterocycles. The van der Waals surface area contributed by atoms with Crippen molar-refractivity contribution in [2.75, 3.05) is 22.1 Å². The van der Waals surface area contributed by atoms with Gasteiger partial charge in [0.25, 0.3) is 5.91 Å². The highest BCUT2D eigenvalue weighted by atomic mass is 19.1. The first-order valence-electron chi connectivity index (χ1n) is 7.22. The molecule has 0 unspecified atom stereocenters. The fraction of sp³-hybridized carbons (Fsp3) is 0.0588. The van der Waals surface area contributed by atoms with Gasteiger partial charge in [-0.3, -0.25) is 9.59 Å². The Hall–Kier alpha value is -3.22. The van der Waals surface area contributed by atoms with E-state index in [-0.39, 0.29) is 12.1 Å². The van der Waals surface area contributed by atoms with Gasteiger partial charge >= 0.3 is 0 Å². The minimum Gasteiger partial charge on any atom is -0.339 e. The number of nitrogens with one attached hydrogen (secondary N) is 2. The normalized spacial score (nSPS) is 15.2. The van der Waals surface area contributed by atoms with Gasteiger partial charge in [-0.05, 0) is 24.3 Å². The smallest absolute Gasteiger partial charge is 0.263 e. The Morgan fingerprint density at radius 2 is 1.79 bits per heavy atom. The second kappa shape index (κ2) is 5.16. The molecule has 2 aromatic rings. The van der Waals surface area contributed by atoms with Gasteiger partial charge < -0.3 is 15.5 Å². The molecular formula is C17H11F2N3O2. The van der Waals surface area contributed by atoms with E-state index >= 15 is 0 Å². The molecule has 4 rings (SSSR count). The molecule has 2 heterocycles. The number of hydrogen-bond donors (Lipinski definition) is 2. The minimum absolute atomic E-state index is 0.00184. The molecule has 7 heteroatoms. The van der Waals surface area contributed by atoms with Crippen LogP contribution in [0.4, 0.5) is 25.8 Å². The summed E-state index contributed by atoms with van der Waals surface area (Å²) in [7, 11) is 0. The fourth-order valence-electron chi connectivity index (χ4n) is 2.87. The predicted octanol–water partition coefficient (Wildman–Crippen LogP) is 2.63. The summed E-state index contributed by atoms with van der Waals surface area (Å²) >= 11 is 0. The van der Waals surface area contributed by atoms with Crippen molar-refractivity contribution < 1.29 is 18.4 Å². The topological polar surface area (TPSA) is 61.4 Å². The Kier molecular flexibility index (Phi) is 3.09. The second-order valence-electron chi connectivity index (χ2n) is 5.43. The third kappa shape index (κ3) is 2.05. The van der Waals surface area contributed by atoms with E-state index in [1.54, 1.807) is 4.90 Å². The SMILES string of the molecule is O=C1CN2C(=C1C(=O)Nc1c(F)cccc1F)Nc1ccccc12. The first-order chi connectivity index (χ1) is 11.6. The molecule has 24 heavy (non-hydrogen) atoms. The fourth-order valence-corrected chi connectivity index (χ4v) is 2.87. The zero-order valence-corrected chi connectivity index (χ0v) is 12.3. The van der Waals surface area contributed by atoms with Crippen molar-refractivity contribution in [1.82, 2.24) is 0 Å². The number of fused-ring (bicyclic) bond motifs is 3. The predicted molar refractivity (Wildman–Crippen MR) is 84.4 cm³/mol. The Labute approximate surface area is 135 Å². The molecule has 5 nitrogen and oxygen atoms in total. The van der Waals surface area contributed by atoms with Gasteiger partial charge in [0.2, 0.25) is 0 Å². The molecule has 0 saturated carbocycles. The van der Waals surface area contributed by atoms with Crippen LogP contribution in [0.2, 0.25) is 0 Å². The molecule has 0 radical (unpaired) electrons. The maximum atomic E-state index is 13.7. The summed E-state index contributed by atoms with van der Waals surface area (Å²) in [5.41, 5.74) is 0.828. The van der Waals surface area contributed by atoms with Crippen LogP contribution >= 0.6 is 0 Å². The summed E-state index contributed by atoms with van der Waals surface area (Å²) < 4.78 is 27.4. The first kappa shape index (κ1) is 14.4. The van der Waals surface area contributed by atoms with E-state index in [2.05, 4.69) is 10.6 Å². The van der Waals surface area contributed by atoms with Crippen molar-refractivity contribution in [3.8, 4) is 0 Å². The van der Waals surface area contributed by atoms with Gasteiger partial charge in [-0.2, -0.15) is 0 Å². The number of nitrogens with zero attached hydrogens (tertiary/aromatic N) is 1. The molecule has 2 aliphatic rings. The lowest BCUT2D eigenvalue weighted by atomic mass is 10.1. The van der Waals surface area contributed by atoms with Gasteiger partial charge in [0.05, 0.1) is 17.9 Å². The van der Waals surface area contributed by atoms with Crippen molar-refractivity contribution >= 4 is 28.8 Å². The number of anilines is 3. The minimum atomic E-state index is -0.904. The molecule has 2 aromatic carbocycles. The third-order valence-corrected chi connectivity index (χ3v) is 3.96. The number of rotatable bonds is 2. The summed E-state index contributed by atoms with van der Waals surface area (Å²) in [4.78, 5) is 26.3. The van der Waals surface area contributed by atoms with Crippen LogP contribution < -0.4 is 15.5 Å². The maximum absolute atomic E-state index is 13.7. The number of Topliss-reactive ketones (excluding diaryl/α,β-unsaturated/α-hetero) is 1. The molecule has 2 aliphatic heterocycles. The van der Waals surface area contributed by atoms with Crippen molar-refractivity contribution in [3.63, 3.8) is 0 Å². The molecule has 0 bridgehead atoms. The number of halogens is 2. The van der Waals surface area contributed by atoms with E-state index in [0.29, 0.717) is 5.82 Å². The van der Waals surface area contributed by atoms with Crippen LogP contribution in [0.25, 0.3) is 0 Å². The Morgan fingerprint density at radius 1 is 1.08 bits per heavy atom. The van der Waals surface area contributed by atoms with Crippen molar-refractivity contribution in [2.24, 2.45) is 0 Å². The number of carbonyl (C=O) groups is 2.